The molecule has 0 radical (unpaired) electrons. The largest absolute Gasteiger partial charge is 0.481 e. The van der Waals surface area contributed by atoms with Crippen LogP contribution in [0.3, 0.4) is 0 Å². The van der Waals surface area contributed by atoms with E-state index in [9.17, 15) is 14.0 Å². The van der Waals surface area contributed by atoms with Gasteiger partial charge in [-0.1, -0.05) is 6.07 Å². The van der Waals surface area contributed by atoms with Gasteiger partial charge < -0.3 is 10.1 Å². The Labute approximate surface area is 134 Å². The molecular weight excluding hydrogens is 297 g/mol. The van der Waals surface area contributed by atoms with Crippen LogP contribution in [-0.4, -0.2) is 17.8 Å². The van der Waals surface area contributed by atoms with Crippen molar-refractivity contribution in [2.45, 2.75) is 26.9 Å². The lowest BCUT2D eigenvalue weighted by Crippen LogP contribution is -2.30. The minimum Gasteiger partial charge on any atom is -0.481 e. The van der Waals surface area contributed by atoms with Crippen molar-refractivity contribution in [2.75, 3.05) is 5.32 Å². The number of nitrogens with one attached hydrogen (secondary N) is 1. The van der Waals surface area contributed by atoms with Crippen LogP contribution in [0.4, 0.5) is 10.1 Å². The van der Waals surface area contributed by atoms with Gasteiger partial charge in [0.1, 0.15) is 11.6 Å². The third-order valence-corrected chi connectivity index (χ3v) is 3.38. The van der Waals surface area contributed by atoms with Crippen LogP contribution in [0.5, 0.6) is 5.75 Å². The van der Waals surface area contributed by atoms with Gasteiger partial charge in [0.2, 0.25) is 0 Å². The highest BCUT2D eigenvalue weighted by Crippen LogP contribution is 2.17. The van der Waals surface area contributed by atoms with Crippen molar-refractivity contribution >= 4 is 17.4 Å². The summed E-state index contributed by atoms with van der Waals surface area (Å²) in [6.07, 6.45) is -0.762. The highest BCUT2D eigenvalue weighted by molar-refractivity contribution is 5.95. The lowest BCUT2D eigenvalue weighted by atomic mass is 10.1. The molecule has 0 fully saturated rings. The number of halogens is 1. The monoisotopic (exact) mass is 315 g/mol. The van der Waals surface area contributed by atoms with Crippen LogP contribution in [-0.2, 0) is 4.79 Å². The third kappa shape index (κ3) is 4.39. The minimum absolute atomic E-state index is 0.0382. The van der Waals surface area contributed by atoms with Crippen molar-refractivity contribution in [3.8, 4) is 5.75 Å². The summed E-state index contributed by atoms with van der Waals surface area (Å²) in [5.74, 6) is -0.323. The first-order valence-electron chi connectivity index (χ1n) is 7.21. The number of carbonyl (C=O) groups is 2. The Morgan fingerprint density at radius 2 is 1.78 bits per heavy atom. The molecule has 2 rings (SSSR count). The molecule has 0 aliphatic heterocycles. The second-order valence-electron chi connectivity index (χ2n) is 5.29. The van der Waals surface area contributed by atoms with Crippen molar-refractivity contribution in [3.05, 3.63) is 59.4 Å². The zero-order chi connectivity index (χ0) is 17.0. The fourth-order valence-electron chi connectivity index (χ4n) is 1.94. The molecule has 0 aliphatic carbocycles. The maximum Gasteiger partial charge on any atom is 0.265 e. The van der Waals surface area contributed by atoms with Gasteiger partial charge in [0, 0.05) is 11.3 Å². The zero-order valence-corrected chi connectivity index (χ0v) is 13.2. The second kappa shape index (κ2) is 7.05. The summed E-state index contributed by atoms with van der Waals surface area (Å²) in [6.45, 7) is 4.72. The number of ketones is 1. The average molecular weight is 315 g/mol. The van der Waals surface area contributed by atoms with Gasteiger partial charge in [0.05, 0.1) is 0 Å². The quantitative estimate of drug-likeness (QED) is 0.855. The molecule has 0 heterocycles. The van der Waals surface area contributed by atoms with Crippen LogP contribution in [0.15, 0.2) is 42.5 Å². The molecule has 1 amide bonds. The first kappa shape index (κ1) is 16.7. The molecule has 1 unspecified atom stereocenters. The highest BCUT2D eigenvalue weighted by atomic mass is 19.1. The zero-order valence-electron chi connectivity index (χ0n) is 13.2. The van der Waals surface area contributed by atoms with Gasteiger partial charge in [-0.05, 0) is 62.7 Å². The second-order valence-corrected chi connectivity index (χ2v) is 5.29. The van der Waals surface area contributed by atoms with Gasteiger partial charge in [-0.25, -0.2) is 4.39 Å². The van der Waals surface area contributed by atoms with Crippen LogP contribution in [0.25, 0.3) is 0 Å². The SMILES string of the molecule is CC(=O)c1ccc(OC(C)C(=O)Nc2ccc(C)c(F)c2)cc1. The lowest BCUT2D eigenvalue weighted by Gasteiger charge is -2.15. The van der Waals surface area contributed by atoms with E-state index < -0.39 is 6.10 Å². The normalized spacial score (nSPS) is 11.7. The Hall–Kier alpha value is -2.69. The Bertz CT molecular complexity index is 726. The summed E-state index contributed by atoms with van der Waals surface area (Å²) in [6, 6.07) is 11.0. The summed E-state index contributed by atoms with van der Waals surface area (Å²) in [5.41, 5.74) is 1.46. The van der Waals surface area contributed by atoms with E-state index >= 15 is 0 Å². The smallest absolute Gasteiger partial charge is 0.265 e. The summed E-state index contributed by atoms with van der Waals surface area (Å²) >= 11 is 0. The van der Waals surface area contributed by atoms with Crippen molar-refractivity contribution in [1.82, 2.24) is 0 Å². The number of amides is 1. The van der Waals surface area contributed by atoms with Crippen LogP contribution in [0.1, 0.15) is 29.8 Å². The number of rotatable bonds is 5. The van der Waals surface area contributed by atoms with Gasteiger partial charge in [-0.15, -0.1) is 0 Å². The molecule has 2 aromatic carbocycles. The third-order valence-electron chi connectivity index (χ3n) is 3.38. The predicted octanol–water partition coefficient (Wildman–Crippen LogP) is 3.74. The molecule has 5 heteroatoms. The van der Waals surface area contributed by atoms with E-state index in [1.165, 1.54) is 13.0 Å². The molecule has 0 saturated heterocycles. The summed E-state index contributed by atoms with van der Waals surface area (Å²) in [5, 5.41) is 2.60. The molecule has 1 atom stereocenters. The molecule has 0 aliphatic rings. The van der Waals surface area contributed by atoms with Gasteiger partial charge >= 0.3 is 0 Å². The number of Topliss-reactive ketones (excluding diaryl/α,β-unsaturated/α-hetero) is 1. The number of hydrogen-bond acceptors (Lipinski definition) is 3. The Morgan fingerprint density at radius 3 is 2.35 bits per heavy atom. The Balaban J connectivity index is 1.99. The lowest BCUT2D eigenvalue weighted by molar-refractivity contribution is -0.122. The molecule has 23 heavy (non-hydrogen) atoms. The maximum atomic E-state index is 13.5. The van der Waals surface area contributed by atoms with Gasteiger partial charge in [0.15, 0.2) is 11.9 Å². The number of benzene rings is 2. The molecule has 1 N–H and O–H groups in total. The highest BCUT2D eigenvalue weighted by Gasteiger charge is 2.15. The van der Waals surface area contributed by atoms with Gasteiger partial charge in [-0.3, -0.25) is 9.59 Å². The van der Waals surface area contributed by atoms with Crippen LogP contribution in [0, 0.1) is 12.7 Å². The summed E-state index contributed by atoms with van der Waals surface area (Å²) in [4.78, 5) is 23.3. The summed E-state index contributed by atoms with van der Waals surface area (Å²) in [7, 11) is 0. The Kier molecular flexibility index (Phi) is 5.11. The summed E-state index contributed by atoms with van der Waals surface area (Å²) < 4.78 is 19.0. The minimum atomic E-state index is -0.762. The van der Waals surface area contributed by atoms with E-state index in [1.54, 1.807) is 50.2 Å². The Morgan fingerprint density at radius 1 is 1.13 bits per heavy atom. The van der Waals surface area contributed by atoms with Crippen molar-refractivity contribution in [3.63, 3.8) is 0 Å². The van der Waals surface area contributed by atoms with E-state index in [2.05, 4.69) is 5.32 Å². The number of hydrogen-bond donors (Lipinski definition) is 1. The molecule has 2 aromatic rings. The van der Waals surface area contributed by atoms with Crippen molar-refractivity contribution in [2.24, 2.45) is 0 Å². The van der Waals surface area contributed by atoms with E-state index in [4.69, 9.17) is 4.74 Å². The van der Waals surface area contributed by atoms with Crippen molar-refractivity contribution in [1.29, 1.82) is 0 Å². The molecule has 0 aromatic heterocycles. The topological polar surface area (TPSA) is 55.4 Å². The van der Waals surface area contributed by atoms with Gasteiger partial charge in [0.25, 0.3) is 5.91 Å². The van der Waals surface area contributed by atoms with E-state index in [1.807, 2.05) is 0 Å². The molecule has 0 spiro atoms. The van der Waals surface area contributed by atoms with E-state index in [-0.39, 0.29) is 17.5 Å². The van der Waals surface area contributed by atoms with E-state index in [0.717, 1.165) is 0 Å². The fourth-order valence-corrected chi connectivity index (χ4v) is 1.94. The molecular formula is C18H18FNO3. The van der Waals surface area contributed by atoms with E-state index in [0.29, 0.717) is 22.6 Å². The number of anilines is 1. The number of aryl methyl sites for hydroxylation is 1. The van der Waals surface area contributed by atoms with Crippen LogP contribution >= 0.6 is 0 Å². The standard InChI is InChI=1S/C18H18FNO3/c1-11-4-7-15(10-17(11)19)20-18(22)13(3)23-16-8-5-14(6-9-16)12(2)21/h4-10,13H,1-3H3,(H,20,22). The van der Waals surface area contributed by atoms with Gasteiger partial charge in [-0.2, -0.15) is 0 Å². The average Bonchev–Trinajstić information content (AvgIpc) is 2.51. The number of ether oxygens (including phenoxy) is 1. The maximum absolute atomic E-state index is 13.5. The van der Waals surface area contributed by atoms with Crippen LogP contribution in [0.2, 0.25) is 0 Å². The van der Waals surface area contributed by atoms with Crippen LogP contribution < -0.4 is 10.1 Å². The fraction of sp³-hybridized carbons (Fsp3) is 0.222. The molecule has 0 bridgehead atoms. The molecule has 4 nitrogen and oxygen atoms in total. The molecule has 120 valence electrons. The predicted molar refractivity (Wildman–Crippen MR) is 86.3 cm³/mol. The first-order valence-corrected chi connectivity index (χ1v) is 7.21. The molecule has 0 saturated carbocycles. The van der Waals surface area contributed by atoms with Crippen molar-refractivity contribution < 1.29 is 18.7 Å². The first-order chi connectivity index (χ1) is 10.9. The number of carbonyl (C=O) groups excluding carboxylic acids is 2.